The number of carbonyl (C=O) groups is 1. The van der Waals surface area contributed by atoms with E-state index in [1.807, 2.05) is 6.07 Å². The van der Waals surface area contributed by atoms with Crippen molar-refractivity contribution in [2.45, 2.75) is 39.2 Å². The van der Waals surface area contributed by atoms with Crippen LogP contribution in [-0.4, -0.2) is 30.4 Å². The zero-order valence-corrected chi connectivity index (χ0v) is 14.2. The van der Waals surface area contributed by atoms with Gasteiger partial charge in [0, 0.05) is 19.0 Å². The molecule has 1 amide bonds. The molecule has 3 nitrogen and oxygen atoms in total. The van der Waals surface area contributed by atoms with E-state index in [0.717, 1.165) is 39.0 Å². The molecule has 1 aromatic rings. The smallest absolute Gasteiger partial charge is 0.226 e. The largest absolute Gasteiger partial charge is 0.338 e. The van der Waals surface area contributed by atoms with Gasteiger partial charge in [-0.1, -0.05) is 37.3 Å². The molecule has 1 heterocycles. The Morgan fingerprint density at radius 2 is 1.95 bits per heavy atom. The van der Waals surface area contributed by atoms with Gasteiger partial charge in [0.05, 0.1) is 0 Å². The van der Waals surface area contributed by atoms with Crippen molar-refractivity contribution in [3.05, 3.63) is 35.9 Å². The fourth-order valence-electron chi connectivity index (χ4n) is 3.74. The number of hydrogen-bond donors (Lipinski definition) is 1. The van der Waals surface area contributed by atoms with Crippen LogP contribution in [-0.2, 0) is 11.3 Å². The van der Waals surface area contributed by atoms with E-state index in [4.69, 9.17) is 0 Å². The Balaban J connectivity index is 0.00000176. The molecule has 122 valence electrons. The summed E-state index contributed by atoms with van der Waals surface area (Å²) in [6, 6.07) is 10.4. The molecule has 1 saturated heterocycles. The van der Waals surface area contributed by atoms with Crippen molar-refractivity contribution in [1.29, 1.82) is 0 Å². The first-order chi connectivity index (χ1) is 10.2. The van der Waals surface area contributed by atoms with Gasteiger partial charge in [-0.3, -0.25) is 4.79 Å². The van der Waals surface area contributed by atoms with Crippen molar-refractivity contribution in [3.8, 4) is 0 Å². The molecule has 0 radical (unpaired) electrons. The van der Waals surface area contributed by atoms with E-state index >= 15 is 0 Å². The number of benzene rings is 1. The molecule has 1 aliphatic heterocycles. The number of halogens is 1. The number of nitrogens with zero attached hydrogens (tertiary/aromatic N) is 1. The number of carbonyl (C=O) groups excluding carboxylic acids is 1. The third kappa shape index (κ3) is 3.64. The van der Waals surface area contributed by atoms with E-state index < -0.39 is 0 Å². The Labute approximate surface area is 139 Å². The second kappa shape index (κ2) is 7.47. The molecule has 4 heteroatoms. The first-order valence-electron chi connectivity index (χ1n) is 8.28. The van der Waals surface area contributed by atoms with Gasteiger partial charge in [0.2, 0.25) is 5.91 Å². The Morgan fingerprint density at radius 3 is 2.59 bits per heavy atom. The predicted molar refractivity (Wildman–Crippen MR) is 92.0 cm³/mol. The zero-order valence-electron chi connectivity index (χ0n) is 13.4. The second-order valence-corrected chi connectivity index (χ2v) is 6.61. The van der Waals surface area contributed by atoms with Crippen LogP contribution in [0.25, 0.3) is 0 Å². The van der Waals surface area contributed by atoms with Crippen LogP contribution in [0.2, 0.25) is 0 Å². The van der Waals surface area contributed by atoms with Gasteiger partial charge in [0.1, 0.15) is 0 Å². The summed E-state index contributed by atoms with van der Waals surface area (Å²) in [7, 11) is 0. The molecular formula is C18H27ClN2O. The summed E-state index contributed by atoms with van der Waals surface area (Å²) in [6.07, 6.45) is 4.49. The maximum absolute atomic E-state index is 12.9. The highest BCUT2D eigenvalue weighted by Gasteiger charge is 2.58. The van der Waals surface area contributed by atoms with Gasteiger partial charge < -0.3 is 10.2 Å². The Morgan fingerprint density at radius 1 is 1.27 bits per heavy atom. The fourth-order valence-corrected chi connectivity index (χ4v) is 3.74. The maximum Gasteiger partial charge on any atom is 0.226 e. The van der Waals surface area contributed by atoms with Crippen LogP contribution >= 0.6 is 12.4 Å². The number of rotatable bonds is 5. The third-order valence-corrected chi connectivity index (χ3v) is 5.11. The molecule has 1 aliphatic carbocycles. The van der Waals surface area contributed by atoms with Gasteiger partial charge in [-0.25, -0.2) is 0 Å². The Bertz CT molecular complexity index is 485. The summed E-state index contributed by atoms with van der Waals surface area (Å²) in [4.78, 5) is 15.0. The molecule has 2 fully saturated rings. The summed E-state index contributed by atoms with van der Waals surface area (Å²) < 4.78 is 0. The summed E-state index contributed by atoms with van der Waals surface area (Å²) >= 11 is 0. The van der Waals surface area contributed by atoms with Crippen LogP contribution in [0, 0.1) is 11.3 Å². The topological polar surface area (TPSA) is 32.3 Å². The van der Waals surface area contributed by atoms with Crippen LogP contribution in [0.15, 0.2) is 30.3 Å². The lowest BCUT2D eigenvalue weighted by Gasteiger charge is -2.27. The SMILES string of the molecule is CCCN(Cc1ccccc1)C(=O)C1CC12CCNCC2.Cl. The lowest BCUT2D eigenvalue weighted by atomic mass is 9.91. The molecule has 0 aromatic heterocycles. The molecule has 2 aliphatic rings. The minimum Gasteiger partial charge on any atom is -0.338 e. The van der Waals surface area contributed by atoms with E-state index in [0.29, 0.717) is 11.3 Å². The van der Waals surface area contributed by atoms with Crippen LogP contribution in [0.4, 0.5) is 0 Å². The molecule has 1 unspecified atom stereocenters. The molecule has 1 spiro atoms. The second-order valence-electron chi connectivity index (χ2n) is 6.61. The summed E-state index contributed by atoms with van der Waals surface area (Å²) in [5, 5.41) is 3.41. The zero-order chi connectivity index (χ0) is 14.7. The van der Waals surface area contributed by atoms with Gasteiger partial charge >= 0.3 is 0 Å². The number of piperidine rings is 1. The van der Waals surface area contributed by atoms with Crippen molar-refractivity contribution in [1.82, 2.24) is 10.2 Å². The minimum absolute atomic E-state index is 0. The van der Waals surface area contributed by atoms with E-state index in [1.54, 1.807) is 0 Å². The predicted octanol–water partition coefficient (Wildman–Crippen LogP) is 3.24. The highest BCUT2D eigenvalue weighted by molar-refractivity contribution is 5.85. The average Bonchev–Trinajstić information content (AvgIpc) is 3.21. The van der Waals surface area contributed by atoms with Gasteiger partial charge in [-0.2, -0.15) is 0 Å². The molecule has 1 N–H and O–H groups in total. The quantitative estimate of drug-likeness (QED) is 0.902. The molecule has 1 aromatic carbocycles. The lowest BCUT2D eigenvalue weighted by molar-refractivity contribution is -0.134. The fraction of sp³-hybridized carbons (Fsp3) is 0.611. The Hall–Kier alpha value is -1.06. The third-order valence-electron chi connectivity index (χ3n) is 5.11. The van der Waals surface area contributed by atoms with Crippen LogP contribution in [0.1, 0.15) is 38.2 Å². The Kier molecular flexibility index (Phi) is 5.87. The standard InChI is InChI=1S/C18H26N2O.ClH/c1-2-12-20(14-15-6-4-3-5-7-15)17(21)16-13-18(16)8-10-19-11-9-18;/h3-7,16,19H,2,8-14H2,1H3;1H. The lowest BCUT2D eigenvalue weighted by Crippen LogP contribution is -2.36. The van der Waals surface area contributed by atoms with E-state index in [2.05, 4.69) is 41.4 Å². The van der Waals surface area contributed by atoms with Gasteiger partial charge in [-0.15, -0.1) is 12.4 Å². The average molecular weight is 323 g/mol. The molecule has 0 bridgehead atoms. The number of nitrogens with one attached hydrogen (secondary N) is 1. The van der Waals surface area contributed by atoms with Gasteiger partial charge in [-0.05, 0) is 49.8 Å². The maximum atomic E-state index is 12.9. The van der Waals surface area contributed by atoms with Gasteiger partial charge in [0.25, 0.3) is 0 Å². The van der Waals surface area contributed by atoms with Crippen molar-refractivity contribution in [2.75, 3.05) is 19.6 Å². The molecule has 3 rings (SSSR count). The van der Waals surface area contributed by atoms with E-state index in [9.17, 15) is 4.79 Å². The van der Waals surface area contributed by atoms with E-state index in [1.165, 1.54) is 18.4 Å². The van der Waals surface area contributed by atoms with Gasteiger partial charge in [0.15, 0.2) is 0 Å². The van der Waals surface area contributed by atoms with Crippen molar-refractivity contribution in [3.63, 3.8) is 0 Å². The molecule has 22 heavy (non-hydrogen) atoms. The molecular weight excluding hydrogens is 296 g/mol. The highest BCUT2D eigenvalue weighted by Crippen LogP contribution is 2.59. The van der Waals surface area contributed by atoms with Crippen molar-refractivity contribution < 1.29 is 4.79 Å². The highest BCUT2D eigenvalue weighted by atomic mass is 35.5. The normalized spacial score (nSPS) is 22.0. The summed E-state index contributed by atoms with van der Waals surface area (Å²) in [5.41, 5.74) is 1.57. The summed E-state index contributed by atoms with van der Waals surface area (Å²) in [6.45, 7) is 5.95. The molecule has 1 saturated carbocycles. The van der Waals surface area contributed by atoms with Crippen LogP contribution in [0.3, 0.4) is 0 Å². The molecule has 1 atom stereocenters. The van der Waals surface area contributed by atoms with E-state index in [-0.39, 0.29) is 18.3 Å². The first kappa shape index (κ1) is 17.3. The number of amides is 1. The summed E-state index contributed by atoms with van der Waals surface area (Å²) in [5.74, 6) is 0.678. The number of hydrogen-bond acceptors (Lipinski definition) is 2. The van der Waals surface area contributed by atoms with Crippen molar-refractivity contribution >= 4 is 18.3 Å². The van der Waals surface area contributed by atoms with Crippen LogP contribution < -0.4 is 5.32 Å². The van der Waals surface area contributed by atoms with Crippen molar-refractivity contribution in [2.24, 2.45) is 11.3 Å². The van der Waals surface area contributed by atoms with Crippen LogP contribution in [0.5, 0.6) is 0 Å². The minimum atomic E-state index is 0. The first-order valence-corrected chi connectivity index (χ1v) is 8.28. The monoisotopic (exact) mass is 322 g/mol.